The Morgan fingerprint density at radius 3 is 2.52 bits per heavy atom. The van der Waals surface area contributed by atoms with Gasteiger partial charge < -0.3 is 10.1 Å². The van der Waals surface area contributed by atoms with E-state index in [1.54, 1.807) is 0 Å². The van der Waals surface area contributed by atoms with Gasteiger partial charge in [-0.2, -0.15) is 0 Å². The zero-order chi connectivity index (χ0) is 14.3. The van der Waals surface area contributed by atoms with Crippen molar-refractivity contribution in [2.24, 2.45) is 0 Å². The first-order valence-corrected chi connectivity index (χ1v) is 7.78. The van der Waals surface area contributed by atoms with E-state index in [1.807, 2.05) is 0 Å². The zero-order valence-corrected chi connectivity index (χ0v) is 12.4. The molecule has 0 amide bonds. The predicted octanol–water partition coefficient (Wildman–Crippen LogP) is 3.23. The first kappa shape index (κ1) is 12.9. The van der Waals surface area contributed by atoms with Crippen LogP contribution in [0.4, 0.5) is 0 Å². The molecular weight excluding hydrogens is 258 g/mol. The molecule has 1 unspecified atom stereocenters. The van der Waals surface area contributed by atoms with E-state index < -0.39 is 0 Å². The van der Waals surface area contributed by atoms with Gasteiger partial charge in [0.2, 0.25) is 0 Å². The maximum atomic E-state index is 6.16. The van der Waals surface area contributed by atoms with E-state index in [1.165, 1.54) is 16.7 Å². The average Bonchev–Trinajstić information content (AvgIpc) is 2.86. The summed E-state index contributed by atoms with van der Waals surface area (Å²) in [5, 5.41) is 3.45. The van der Waals surface area contributed by atoms with Crippen LogP contribution in [-0.2, 0) is 11.8 Å². The molecule has 0 aromatic heterocycles. The Balaban J connectivity index is 1.54. The van der Waals surface area contributed by atoms with Crippen LogP contribution >= 0.6 is 0 Å². The Morgan fingerprint density at radius 2 is 1.86 bits per heavy atom. The van der Waals surface area contributed by atoms with Crippen molar-refractivity contribution in [3.63, 3.8) is 0 Å². The van der Waals surface area contributed by atoms with E-state index in [0.29, 0.717) is 6.10 Å². The maximum absolute atomic E-state index is 6.16. The maximum Gasteiger partial charge on any atom is 0.123 e. The lowest BCUT2D eigenvalue weighted by Crippen LogP contribution is -2.58. The fraction of sp³-hybridized carbons (Fsp3) is 0.368. The summed E-state index contributed by atoms with van der Waals surface area (Å²) in [6.45, 7) is 4.27. The molecule has 0 radical (unpaired) electrons. The van der Waals surface area contributed by atoms with Crippen LogP contribution in [0.15, 0.2) is 48.5 Å². The number of fused-ring (bicyclic) bond motifs is 1. The molecule has 2 aliphatic heterocycles. The summed E-state index contributed by atoms with van der Waals surface area (Å²) in [6, 6.07) is 17.5. The van der Waals surface area contributed by atoms with Crippen molar-refractivity contribution in [3.8, 4) is 5.75 Å². The summed E-state index contributed by atoms with van der Waals surface area (Å²) in [6.07, 6.45) is 2.45. The molecule has 0 spiro atoms. The van der Waals surface area contributed by atoms with Crippen LogP contribution in [0.5, 0.6) is 5.75 Å². The lowest BCUT2D eigenvalue weighted by Gasteiger charge is -2.44. The van der Waals surface area contributed by atoms with Gasteiger partial charge in [0, 0.05) is 24.9 Å². The van der Waals surface area contributed by atoms with Crippen molar-refractivity contribution < 1.29 is 4.74 Å². The summed E-state index contributed by atoms with van der Waals surface area (Å²) in [4.78, 5) is 0. The van der Waals surface area contributed by atoms with Gasteiger partial charge in [-0.3, -0.25) is 0 Å². The van der Waals surface area contributed by atoms with Crippen LogP contribution < -0.4 is 10.1 Å². The van der Waals surface area contributed by atoms with Gasteiger partial charge in [0.25, 0.3) is 0 Å². The highest BCUT2D eigenvalue weighted by Gasteiger charge is 2.42. The van der Waals surface area contributed by atoms with Gasteiger partial charge in [0.15, 0.2) is 0 Å². The second-order valence-corrected chi connectivity index (χ2v) is 6.51. The van der Waals surface area contributed by atoms with Gasteiger partial charge in [-0.15, -0.1) is 0 Å². The highest BCUT2D eigenvalue weighted by Crippen LogP contribution is 2.38. The molecule has 108 valence electrons. The van der Waals surface area contributed by atoms with Crippen molar-refractivity contribution in [3.05, 3.63) is 65.2 Å². The van der Waals surface area contributed by atoms with Gasteiger partial charge in [-0.25, -0.2) is 0 Å². The van der Waals surface area contributed by atoms with Crippen molar-refractivity contribution in [1.29, 1.82) is 0 Å². The topological polar surface area (TPSA) is 21.3 Å². The van der Waals surface area contributed by atoms with Crippen molar-refractivity contribution in [2.75, 3.05) is 13.1 Å². The van der Waals surface area contributed by atoms with E-state index in [0.717, 1.165) is 31.7 Å². The normalized spacial score (nSPS) is 22.2. The summed E-state index contributed by atoms with van der Waals surface area (Å²) < 4.78 is 6.16. The largest absolute Gasteiger partial charge is 0.490 e. The molecule has 1 fully saturated rings. The van der Waals surface area contributed by atoms with Crippen molar-refractivity contribution in [2.45, 2.75) is 31.3 Å². The van der Waals surface area contributed by atoms with E-state index in [4.69, 9.17) is 4.74 Å². The third-order valence-electron chi connectivity index (χ3n) is 4.92. The molecule has 2 nitrogen and oxygen atoms in total. The molecule has 2 aliphatic rings. The molecular formula is C19H21NO. The highest BCUT2D eigenvalue weighted by atomic mass is 16.5. The SMILES string of the molecule is Cc1ccc(C2(CC3Cc4ccccc4O3)CNC2)cc1. The van der Waals surface area contributed by atoms with E-state index in [-0.39, 0.29) is 5.41 Å². The van der Waals surface area contributed by atoms with Crippen LogP contribution in [0, 0.1) is 6.92 Å². The van der Waals surface area contributed by atoms with Crippen LogP contribution in [0.1, 0.15) is 23.1 Å². The number of benzene rings is 2. The third-order valence-corrected chi connectivity index (χ3v) is 4.92. The van der Waals surface area contributed by atoms with Gasteiger partial charge >= 0.3 is 0 Å². The highest BCUT2D eigenvalue weighted by molar-refractivity contribution is 5.38. The fourth-order valence-electron chi connectivity index (χ4n) is 3.60. The minimum atomic E-state index is 0.250. The number of para-hydroxylation sites is 1. The quantitative estimate of drug-likeness (QED) is 0.931. The molecule has 0 bridgehead atoms. The minimum Gasteiger partial charge on any atom is -0.490 e. The van der Waals surface area contributed by atoms with Crippen molar-refractivity contribution >= 4 is 0 Å². The summed E-state index contributed by atoms with van der Waals surface area (Å²) in [5.74, 6) is 1.08. The van der Waals surface area contributed by atoms with E-state index in [2.05, 4.69) is 60.8 Å². The lowest BCUT2D eigenvalue weighted by molar-refractivity contribution is 0.143. The van der Waals surface area contributed by atoms with Crippen LogP contribution in [0.25, 0.3) is 0 Å². The van der Waals surface area contributed by atoms with Gasteiger partial charge in [0.1, 0.15) is 11.9 Å². The summed E-state index contributed by atoms with van der Waals surface area (Å²) in [5.41, 5.74) is 4.38. The molecule has 2 aromatic carbocycles. The molecule has 1 N–H and O–H groups in total. The standard InChI is InChI=1S/C19H21NO/c1-14-6-8-16(9-7-14)19(12-20-13-19)11-17-10-15-4-2-3-5-18(15)21-17/h2-9,17,20H,10-13H2,1H3. The molecule has 2 heteroatoms. The summed E-state index contributed by atoms with van der Waals surface area (Å²) in [7, 11) is 0. The van der Waals surface area contributed by atoms with Gasteiger partial charge in [-0.05, 0) is 30.5 Å². The first-order valence-electron chi connectivity index (χ1n) is 7.78. The number of hydrogen-bond donors (Lipinski definition) is 1. The van der Waals surface area contributed by atoms with Crippen LogP contribution in [0.3, 0.4) is 0 Å². The number of hydrogen-bond acceptors (Lipinski definition) is 2. The summed E-state index contributed by atoms with van der Waals surface area (Å²) >= 11 is 0. The molecule has 0 aliphatic carbocycles. The Hall–Kier alpha value is -1.80. The number of ether oxygens (including phenoxy) is 1. The number of nitrogens with one attached hydrogen (secondary N) is 1. The Bertz CT molecular complexity index is 618. The van der Waals surface area contributed by atoms with E-state index >= 15 is 0 Å². The predicted molar refractivity (Wildman–Crippen MR) is 84.9 cm³/mol. The zero-order valence-electron chi connectivity index (χ0n) is 12.4. The monoisotopic (exact) mass is 279 g/mol. The molecule has 2 aromatic rings. The van der Waals surface area contributed by atoms with Crippen LogP contribution in [-0.4, -0.2) is 19.2 Å². The smallest absolute Gasteiger partial charge is 0.123 e. The van der Waals surface area contributed by atoms with Crippen LogP contribution in [0.2, 0.25) is 0 Å². The first-order chi connectivity index (χ1) is 10.3. The molecule has 21 heavy (non-hydrogen) atoms. The second kappa shape index (κ2) is 4.88. The molecule has 0 saturated carbocycles. The molecule has 2 heterocycles. The molecule has 4 rings (SSSR count). The molecule has 1 saturated heterocycles. The fourth-order valence-corrected chi connectivity index (χ4v) is 3.60. The Morgan fingerprint density at radius 1 is 1.10 bits per heavy atom. The molecule has 1 atom stereocenters. The third kappa shape index (κ3) is 2.24. The number of rotatable bonds is 3. The van der Waals surface area contributed by atoms with E-state index in [9.17, 15) is 0 Å². The number of aryl methyl sites for hydroxylation is 1. The Kier molecular flexibility index (Phi) is 3.00. The average molecular weight is 279 g/mol. The van der Waals surface area contributed by atoms with Gasteiger partial charge in [0.05, 0.1) is 0 Å². The minimum absolute atomic E-state index is 0.250. The lowest BCUT2D eigenvalue weighted by atomic mass is 9.71. The van der Waals surface area contributed by atoms with Gasteiger partial charge in [-0.1, -0.05) is 48.0 Å². The van der Waals surface area contributed by atoms with Crippen molar-refractivity contribution in [1.82, 2.24) is 5.32 Å². The Labute approximate surface area is 126 Å². The second-order valence-electron chi connectivity index (χ2n) is 6.51.